The van der Waals surface area contributed by atoms with Crippen molar-refractivity contribution in [1.29, 1.82) is 0 Å². The molecule has 1 heterocycles. The van der Waals surface area contributed by atoms with Gasteiger partial charge in [0, 0.05) is 13.7 Å². The third-order valence-corrected chi connectivity index (χ3v) is 4.54. The van der Waals surface area contributed by atoms with E-state index in [9.17, 15) is 13.2 Å². The minimum atomic E-state index is -4.02. The van der Waals surface area contributed by atoms with Crippen LogP contribution in [0.4, 0.5) is 0 Å². The summed E-state index contributed by atoms with van der Waals surface area (Å²) in [6.45, 7) is 1.00. The Labute approximate surface area is 122 Å². The number of sulfonamides is 1. The third kappa shape index (κ3) is 2.95. The molecule has 1 unspecified atom stereocenters. The van der Waals surface area contributed by atoms with Crippen LogP contribution in [0.15, 0.2) is 23.1 Å². The van der Waals surface area contributed by atoms with Crippen molar-refractivity contribution >= 4 is 27.5 Å². The van der Waals surface area contributed by atoms with E-state index in [0.29, 0.717) is 19.6 Å². The summed E-state index contributed by atoms with van der Waals surface area (Å²) in [4.78, 5) is 13.7. The Morgan fingerprint density at radius 1 is 1.50 bits per heavy atom. The molecule has 0 spiro atoms. The number of primary sulfonamides is 1. The van der Waals surface area contributed by atoms with Crippen LogP contribution in [-0.2, 0) is 14.8 Å². The number of nitrogens with two attached hydrogens (primary N) is 1. The number of hydrogen-bond acceptors (Lipinski definition) is 4. The molecule has 1 aliphatic heterocycles. The molecule has 0 radical (unpaired) electrons. The first-order valence-corrected chi connectivity index (χ1v) is 7.91. The van der Waals surface area contributed by atoms with Crippen molar-refractivity contribution in [3.63, 3.8) is 0 Å². The number of hydrogen-bond donors (Lipinski definition) is 1. The molecule has 1 aromatic carbocycles. The molecule has 1 amide bonds. The molecule has 2 rings (SSSR count). The van der Waals surface area contributed by atoms with Crippen LogP contribution in [0.5, 0.6) is 0 Å². The van der Waals surface area contributed by atoms with Crippen LogP contribution in [0.3, 0.4) is 0 Å². The van der Waals surface area contributed by atoms with Gasteiger partial charge in [-0.15, -0.1) is 0 Å². The van der Waals surface area contributed by atoms with Gasteiger partial charge in [0.15, 0.2) is 0 Å². The summed E-state index contributed by atoms with van der Waals surface area (Å²) in [5.74, 6) is -0.477. The van der Waals surface area contributed by atoms with Gasteiger partial charge < -0.3 is 9.64 Å². The number of halogens is 1. The fourth-order valence-corrected chi connectivity index (χ4v) is 3.18. The van der Waals surface area contributed by atoms with Gasteiger partial charge in [-0.2, -0.15) is 0 Å². The van der Waals surface area contributed by atoms with Gasteiger partial charge in [-0.1, -0.05) is 17.7 Å². The van der Waals surface area contributed by atoms with Gasteiger partial charge in [-0.25, -0.2) is 13.6 Å². The fourth-order valence-electron chi connectivity index (χ4n) is 2.12. The van der Waals surface area contributed by atoms with Gasteiger partial charge in [0.2, 0.25) is 10.0 Å². The molecular weight excluding hydrogens is 304 g/mol. The first-order valence-electron chi connectivity index (χ1n) is 5.98. The standard InChI is InChI=1S/C12H15ClN2O4S/c1-15(8-5-6-19-7-8)12(16)11-9(13)3-2-4-10(11)20(14,17)18/h2-4,8H,5-7H2,1H3,(H2,14,17,18). The van der Waals surface area contributed by atoms with Gasteiger partial charge in [-0.3, -0.25) is 4.79 Å². The second-order valence-electron chi connectivity index (χ2n) is 4.59. The van der Waals surface area contributed by atoms with Crippen LogP contribution in [0.25, 0.3) is 0 Å². The van der Waals surface area contributed by atoms with Crippen molar-refractivity contribution < 1.29 is 17.9 Å². The number of benzene rings is 1. The molecule has 0 aromatic heterocycles. The van der Waals surface area contributed by atoms with E-state index < -0.39 is 15.9 Å². The van der Waals surface area contributed by atoms with Gasteiger partial charge >= 0.3 is 0 Å². The highest BCUT2D eigenvalue weighted by Crippen LogP contribution is 2.26. The largest absolute Gasteiger partial charge is 0.379 e. The van der Waals surface area contributed by atoms with Gasteiger partial charge in [0.1, 0.15) is 0 Å². The zero-order valence-corrected chi connectivity index (χ0v) is 12.4. The summed E-state index contributed by atoms with van der Waals surface area (Å²) in [6.07, 6.45) is 0.706. The molecule has 110 valence electrons. The number of carbonyl (C=O) groups excluding carboxylic acids is 1. The van der Waals surface area contributed by atoms with Crippen molar-refractivity contribution in [2.24, 2.45) is 5.14 Å². The molecular formula is C12H15ClN2O4S. The molecule has 1 aromatic rings. The Hall–Kier alpha value is -1.15. The number of amides is 1. The van der Waals surface area contributed by atoms with Crippen LogP contribution < -0.4 is 5.14 Å². The van der Waals surface area contributed by atoms with E-state index in [2.05, 4.69) is 0 Å². The Kier molecular flexibility index (Phi) is 4.33. The lowest BCUT2D eigenvalue weighted by Crippen LogP contribution is -2.38. The lowest BCUT2D eigenvalue weighted by molar-refractivity contribution is 0.0707. The molecule has 2 N–H and O–H groups in total. The number of nitrogens with zero attached hydrogens (tertiary/aromatic N) is 1. The SMILES string of the molecule is CN(C(=O)c1c(Cl)cccc1S(N)(=O)=O)C1CCOC1. The zero-order valence-electron chi connectivity index (χ0n) is 10.9. The molecule has 1 atom stereocenters. The van der Waals surface area contributed by atoms with E-state index in [4.69, 9.17) is 21.5 Å². The number of ether oxygens (including phenoxy) is 1. The molecule has 1 fully saturated rings. The summed E-state index contributed by atoms with van der Waals surface area (Å²) in [7, 11) is -2.43. The summed E-state index contributed by atoms with van der Waals surface area (Å²) in [5, 5.41) is 5.20. The number of likely N-dealkylation sites (N-methyl/N-ethyl adjacent to an activating group) is 1. The molecule has 0 aliphatic carbocycles. The van der Waals surface area contributed by atoms with Crippen LogP contribution in [0.1, 0.15) is 16.8 Å². The van der Waals surface area contributed by atoms with Gasteiger partial charge in [-0.05, 0) is 18.6 Å². The Balaban J connectivity index is 2.43. The lowest BCUT2D eigenvalue weighted by Gasteiger charge is -2.24. The van der Waals surface area contributed by atoms with Crippen molar-refractivity contribution in [3.05, 3.63) is 28.8 Å². The lowest BCUT2D eigenvalue weighted by atomic mass is 10.1. The van der Waals surface area contributed by atoms with E-state index in [-0.39, 0.29) is 21.5 Å². The fraction of sp³-hybridized carbons (Fsp3) is 0.417. The highest BCUT2D eigenvalue weighted by Gasteiger charge is 2.29. The summed E-state index contributed by atoms with van der Waals surface area (Å²) < 4.78 is 28.4. The van der Waals surface area contributed by atoms with Crippen LogP contribution in [0, 0.1) is 0 Å². The molecule has 6 nitrogen and oxygen atoms in total. The summed E-state index contributed by atoms with van der Waals surface area (Å²) >= 11 is 5.98. The molecule has 1 aliphatic rings. The van der Waals surface area contributed by atoms with E-state index in [0.717, 1.165) is 0 Å². The maximum atomic E-state index is 12.5. The average molecular weight is 319 g/mol. The Bertz CT molecular complexity index is 626. The zero-order chi connectivity index (χ0) is 14.9. The second-order valence-corrected chi connectivity index (χ2v) is 6.53. The van der Waals surface area contributed by atoms with E-state index in [1.807, 2.05) is 0 Å². The Morgan fingerprint density at radius 2 is 2.20 bits per heavy atom. The molecule has 8 heteroatoms. The molecule has 0 saturated carbocycles. The second kappa shape index (κ2) is 5.69. The smallest absolute Gasteiger partial charge is 0.256 e. The van der Waals surface area contributed by atoms with E-state index in [1.165, 1.54) is 23.1 Å². The van der Waals surface area contributed by atoms with E-state index in [1.54, 1.807) is 7.05 Å². The van der Waals surface area contributed by atoms with Crippen LogP contribution in [0.2, 0.25) is 5.02 Å². The normalized spacial score (nSPS) is 19.1. The van der Waals surface area contributed by atoms with Crippen molar-refractivity contribution in [1.82, 2.24) is 4.90 Å². The predicted molar refractivity (Wildman–Crippen MR) is 74.1 cm³/mol. The summed E-state index contributed by atoms with van der Waals surface area (Å²) in [6, 6.07) is 4.08. The molecule has 1 saturated heterocycles. The molecule has 0 bridgehead atoms. The average Bonchev–Trinajstić information content (AvgIpc) is 2.89. The van der Waals surface area contributed by atoms with Gasteiger partial charge in [0.05, 0.1) is 28.1 Å². The third-order valence-electron chi connectivity index (χ3n) is 3.27. The van der Waals surface area contributed by atoms with Crippen LogP contribution in [-0.4, -0.2) is 45.5 Å². The van der Waals surface area contributed by atoms with Crippen LogP contribution >= 0.6 is 11.6 Å². The van der Waals surface area contributed by atoms with Crippen molar-refractivity contribution in [3.8, 4) is 0 Å². The van der Waals surface area contributed by atoms with Gasteiger partial charge in [0.25, 0.3) is 5.91 Å². The number of rotatable bonds is 3. The predicted octanol–water partition coefficient (Wildman–Crippen LogP) is 0.848. The highest BCUT2D eigenvalue weighted by molar-refractivity contribution is 7.89. The Morgan fingerprint density at radius 3 is 2.75 bits per heavy atom. The maximum absolute atomic E-state index is 12.5. The quantitative estimate of drug-likeness (QED) is 0.894. The minimum absolute atomic E-state index is 0.0623. The first-order chi connectivity index (χ1) is 9.32. The maximum Gasteiger partial charge on any atom is 0.256 e. The minimum Gasteiger partial charge on any atom is -0.379 e. The number of carbonyl (C=O) groups is 1. The topological polar surface area (TPSA) is 89.7 Å². The monoisotopic (exact) mass is 318 g/mol. The first kappa shape index (κ1) is 15.2. The van der Waals surface area contributed by atoms with Crippen molar-refractivity contribution in [2.75, 3.05) is 20.3 Å². The van der Waals surface area contributed by atoms with E-state index >= 15 is 0 Å². The highest BCUT2D eigenvalue weighted by atomic mass is 35.5. The van der Waals surface area contributed by atoms with Crippen molar-refractivity contribution in [2.45, 2.75) is 17.4 Å². The molecule has 20 heavy (non-hydrogen) atoms. The summed E-state index contributed by atoms with van der Waals surface area (Å²) in [5.41, 5.74) is -0.0916.